The van der Waals surface area contributed by atoms with Crippen LogP contribution in [0, 0.1) is 0 Å². The zero-order valence-electron chi connectivity index (χ0n) is 12.2. The summed E-state index contributed by atoms with van der Waals surface area (Å²) in [6.45, 7) is 0.0212. The number of carbonyl (C=O) groups excluding carboxylic acids is 1. The molecule has 3 aromatic carbocycles. The standard InChI is InChI=1S/C18H13N3O2/c22-18(12-21-17-8-4-3-7-16(17)19-20-21)23-15-10-9-13-5-1-2-6-14(13)11-15/h1-11H,12H2. The van der Waals surface area contributed by atoms with E-state index in [1.165, 1.54) is 0 Å². The van der Waals surface area contributed by atoms with Gasteiger partial charge in [-0.25, -0.2) is 9.48 Å². The van der Waals surface area contributed by atoms with Gasteiger partial charge in [-0.3, -0.25) is 0 Å². The Kier molecular flexibility index (Phi) is 3.24. The number of esters is 1. The van der Waals surface area contributed by atoms with Gasteiger partial charge >= 0.3 is 5.97 Å². The fourth-order valence-corrected chi connectivity index (χ4v) is 2.55. The van der Waals surface area contributed by atoms with Gasteiger partial charge in [0.15, 0.2) is 0 Å². The van der Waals surface area contributed by atoms with E-state index in [1.54, 1.807) is 10.7 Å². The Morgan fingerprint density at radius 2 is 1.74 bits per heavy atom. The topological polar surface area (TPSA) is 57.0 Å². The van der Waals surface area contributed by atoms with Crippen molar-refractivity contribution in [2.75, 3.05) is 0 Å². The fourth-order valence-electron chi connectivity index (χ4n) is 2.55. The number of hydrogen-bond donors (Lipinski definition) is 0. The zero-order valence-corrected chi connectivity index (χ0v) is 12.2. The van der Waals surface area contributed by atoms with Crippen molar-refractivity contribution in [3.05, 3.63) is 66.7 Å². The summed E-state index contributed by atoms with van der Waals surface area (Å²) in [5, 5.41) is 10.2. The van der Waals surface area contributed by atoms with Crippen molar-refractivity contribution in [2.45, 2.75) is 6.54 Å². The molecule has 0 aliphatic carbocycles. The number of fused-ring (bicyclic) bond motifs is 2. The number of hydrogen-bond acceptors (Lipinski definition) is 4. The minimum absolute atomic E-state index is 0.0212. The van der Waals surface area contributed by atoms with Crippen molar-refractivity contribution in [3.8, 4) is 5.75 Å². The first-order valence-electron chi connectivity index (χ1n) is 7.27. The molecule has 0 radical (unpaired) electrons. The third kappa shape index (κ3) is 2.64. The number of ether oxygens (including phenoxy) is 1. The highest BCUT2D eigenvalue weighted by molar-refractivity contribution is 5.85. The van der Waals surface area contributed by atoms with Gasteiger partial charge in [-0.2, -0.15) is 0 Å². The first-order chi connectivity index (χ1) is 11.3. The maximum atomic E-state index is 12.1. The maximum absolute atomic E-state index is 12.1. The number of carbonyl (C=O) groups is 1. The van der Waals surface area contributed by atoms with E-state index in [1.807, 2.05) is 60.7 Å². The molecule has 0 N–H and O–H groups in total. The van der Waals surface area contributed by atoms with E-state index in [0.29, 0.717) is 5.75 Å². The van der Waals surface area contributed by atoms with Gasteiger partial charge in [-0.1, -0.05) is 47.7 Å². The lowest BCUT2D eigenvalue weighted by Crippen LogP contribution is -2.17. The zero-order chi connectivity index (χ0) is 15.6. The van der Waals surface area contributed by atoms with Gasteiger partial charge in [-0.15, -0.1) is 5.10 Å². The number of benzene rings is 3. The maximum Gasteiger partial charge on any atom is 0.333 e. The summed E-state index contributed by atoms with van der Waals surface area (Å²) < 4.78 is 6.96. The molecule has 0 amide bonds. The second-order valence-corrected chi connectivity index (χ2v) is 5.22. The van der Waals surface area contributed by atoms with E-state index in [9.17, 15) is 4.79 Å². The van der Waals surface area contributed by atoms with E-state index < -0.39 is 0 Å². The Hall–Kier alpha value is -3.21. The second kappa shape index (κ2) is 5.53. The van der Waals surface area contributed by atoms with E-state index in [0.717, 1.165) is 21.8 Å². The number of nitrogens with zero attached hydrogens (tertiary/aromatic N) is 3. The SMILES string of the molecule is O=C(Cn1nnc2ccccc21)Oc1ccc2ccccc2c1. The number of aromatic nitrogens is 3. The molecule has 0 atom stereocenters. The van der Waals surface area contributed by atoms with Gasteiger partial charge in [0.25, 0.3) is 0 Å². The van der Waals surface area contributed by atoms with Crippen LogP contribution < -0.4 is 4.74 Å². The molecule has 1 aromatic heterocycles. The van der Waals surface area contributed by atoms with E-state index in [4.69, 9.17) is 4.74 Å². The minimum atomic E-state index is -0.379. The Morgan fingerprint density at radius 1 is 0.957 bits per heavy atom. The van der Waals surface area contributed by atoms with Crippen LogP contribution >= 0.6 is 0 Å². The monoisotopic (exact) mass is 303 g/mol. The van der Waals surface area contributed by atoms with Crippen LogP contribution in [0.5, 0.6) is 5.75 Å². The quantitative estimate of drug-likeness (QED) is 0.431. The van der Waals surface area contributed by atoms with E-state index in [2.05, 4.69) is 10.3 Å². The van der Waals surface area contributed by atoms with E-state index >= 15 is 0 Å². The first-order valence-corrected chi connectivity index (χ1v) is 7.27. The smallest absolute Gasteiger partial charge is 0.333 e. The molecule has 0 unspecified atom stereocenters. The highest BCUT2D eigenvalue weighted by atomic mass is 16.5. The van der Waals surface area contributed by atoms with Crippen molar-refractivity contribution in [2.24, 2.45) is 0 Å². The average molecular weight is 303 g/mol. The van der Waals surface area contributed by atoms with E-state index in [-0.39, 0.29) is 12.5 Å². The summed E-state index contributed by atoms with van der Waals surface area (Å²) in [6.07, 6.45) is 0. The Labute approximate surface area is 132 Å². The first kappa shape index (κ1) is 13.5. The van der Waals surface area contributed by atoms with Gasteiger partial charge in [-0.05, 0) is 35.0 Å². The van der Waals surface area contributed by atoms with Crippen LogP contribution in [-0.4, -0.2) is 21.0 Å². The molecule has 5 heteroatoms. The summed E-state index contributed by atoms with van der Waals surface area (Å²) >= 11 is 0. The van der Waals surface area contributed by atoms with Crippen LogP contribution in [0.4, 0.5) is 0 Å². The van der Waals surface area contributed by atoms with Crippen molar-refractivity contribution in [1.29, 1.82) is 0 Å². The van der Waals surface area contributed by atoms with Crippen molar-refractivity contribution in [3.63, 3.8) is 0 Å². The molecule has 1 heterocycles. The predicted molar refractivity (Wildman–Crippen MR) is 87.1 cm³/mol. The summed E-state index contributed by atoms with van der Waals surface area (Å²) in [6, 6.07) is 21.0. The molecule has 0 aliphatic heterocycles. The lowest BCUT2D eigenvalue weighted by atomic mass is 10.1. The number of para-hydroxylation sites is 1. The lowest BCUT2D eigenvalue weighted by molar-refractivity contribution is -0.135. The Morgan fingerprint density at radius 3 is 2.65 bits per heavy atom. The molecule has 0 saturated heterocycles. The Balaban J connectivity index is 1.55. The van der Waals surface area contributed by atoms with Crippen molar-refractivity contribution >= 4 is 27.8 Å². The molecule has 5 nitrogen and oxygen atoms in total. The van der Waals surface area contributed by atoms with Crippen LogP contribution in [0.3, 0.4) is 0 Å². The van der Waals surface area contributed by atoms with Gasteiger partial charge in [0, 0.05) is 0 Å². The van der Waals surface area contributed by atoms with Gasteiger partial charge in [0.05, 0.1) is 5.52 Å². The summed E-state index contributed by atoms with van der Waals surface area (Å²) in [5.74, 6) is 0.147. The summed E-state index contributed by atoms with van der Waals surface area (Å²) in [7, 11) is 0. The summed E-state index contributed by atoms with van der Waals surface area (Å²) in [4.78, 5) is 12.1. The molecule has 112 valence electrons. The highest BCUT2D eigenvalue weighted by Crippen LogP contribution is 2.21. The minimum Gasteiger partial charge on any atom is -0.425 e. The van der Waals surface area contributed by atoms with Crippen LogP contribution in [0.25, 0.3) is 21.8 Å². The third-order valence-corrected chi connectivity index (χ3v) is 3.65. The Bertz CT molecular complexity index is 1010. The predicted octanol–water partition coefficient (Wildman–Crippen LogP) is 3.19. The summed E-state index contributed by atoms with van der Waals surface area (Å²) in [5.41, 5.74) is 1.56. The second-order valence-electron chi connectivity index (χ2n) is 5.22. The molecule has 0 bridgehead atoms. The third-order valence-electron chi connectivity index (χ3n) is 3.65. The molecular formula is C18H13N3O2. The van der Waals surface area contributed by atoms with Crippen LogP contribution in [0.15, 0.2) is 66.7 Å². The molecule has 0 aliphatic rings. The normalized spacial score (nSPS) is 11.0. The van der Waals surface area contributed by atoms with Crippen LogP contribution in [-0.2, 0) is 11.3 Å². The molecule has 0 spiro atoms. The largest absolute Gasteiger partial charge is 0.425 e. The van der Waals surface area contributed by atoms with Crippen molar-refractivity contribution in [1.82, 2.24) is 15.0 Å². The molecule has 23 heavy (non-hydrogen) atoms. The van der Waals surface area contributed by atoms with Crippen LogP contribution in [0.2, 0.25) is 0 Å². The molecule has 0 fully saturated rings. The van der Waals surface area contributed by atoms with Gasteiger partial charge in [0.2, 0.25) is 0 Å². The molecular weight excluding hydrogens is 290 g/mol. The molecule has 0 saturated carbocycles. The highest BCUT2D eigenvalue weighted by Gasteiger charge is 2.10. The van der Waals surface area contributed by atoms with Crippen LogP contribution in [0.1, 0.15) is 0 Å². The fraction of sp³-hybridized carbons (Fsp3) is 0.0556. The molecule has 4 aromatic rings. The lowest BCUT2D eigenvalue weighted by Gasteiger charge is -2.06. The number of rotatable bonds is 3. The van der Waals surface area contributed by atoms with Gasteiger partial charge < -0.3 is 4.74 Å². The van der Waals surface area contributed by atoms with Crippen molar-refractivity contribution < 1.29 is 9.53 Å². The molecule has 4 rings (SSSR count). The average Bonchev–Trinajstić information content (AvgIpc) is 2.98. The van der Waals surface area contributed by atoms with Gasteiger partial charge in [0.1, 0.15) is 17.8 Å².